The number of fused-ring (bicyclic) bond motifs is 3. The van der Waals surface area contributed by atoms with Gasteiger partial charge in [0.05, 0.1) is 11.2 Å². The van der Waals surface area contributed by atoms with Gasteiger partial charge in [-0.15, -0.1) is 0 Å². The molecule has 2 aromatic heterocycles. The first kappa shape index (κ1) is 26.2. The van der Waals surface area contributed by atoms with E-state index in [1.54, 1.807) is 31.2 Å². The highest BCUT2D eigenvalue weighted by molar-refractivity contribution is 9.10. The number of H-pyrrole nitrogens is 1. The molecule has 0 bridgehead atoms. The first-order valence-corrected chi connectivity index (χ1v) is 13.4. The van der Waals surface area contributed by atoms with E-state index in [1.165, 1.54) is 6.08 Å². The lowest BCUT2D eigenvalue weighted by Gasteiger charge is -2.10. The molecule has 198 valence electrons. The van der Waals surface area contributed by atoms with Gasteiger partial charge < -0.3 is 19.6 Å². The number of anilines is 2. The zero-order valence-corrected chi connectivity index (χ0v) is 23.1. The molecule has 3 N–H and O–H groups in total. The number of nitrogens with zero attached hydrogens (tertiary/aromatic N) is 1. The number of aromatic nitrogens is 2. The van der Waals surface area contributed by atoms with Gasteiger partial charge in [0, 0.05) is 34.8 Å². The fourth-order valence-corrected chi connectivity index (χ4v) is 4.57. The summed E-state index contributed by atoms with van der Waals surface area (Å²) in [6.07, 6.45) is 10.1. The van der Waals surface area contributed by atoms with Gasteiger partial charge in [-0.25, -0.2) is 4.79 Å². The maximum Gasteiger partial charge on any atom is 0.336 e. The number of nitrogens with one attached hydrogen (secondary N) is 3. The van der Waals surface area contributed by atoms with Crippen LogP contribution in [-0.4, -0.2) is 28.6 Å². The van der Waals surface area contributed by atoms with Gasteiger partial charge in [-0.2, -0.15) is 0 Å². The van der Waals surface area contributed by atoms with Crippen molar-refractivity contribution in [1.82, 2.24) is 10.1 Å². The van der Waals surface area contributed by atoms with Gasteiger partial charge in [-0.3, -0.25) is 10.1 Å². The van der Waals surface area contributed by atoms with Gasteiger partial charge in [0.25, 0.3) is 5.91 Å². The van der Waals surface area contributed by atoms with E-state index in [1.807, 2.05) is 42.5 Å². The molecule has 8 nitrogen and oxygen atoms in total. The number of aromatic amines is 1. The Morgan fingerprint density at radius 3 is 2.77 bits per heavy atom. The zero-order chi connectivity index (χ0) is 27.4. The number of benzene rings is 2. The molecule has 2 heterocycles. The molecule has 0 aliphatic heterocycles. The highest BCUT2D eigenvalue weighted by atomic mass is 79.9. The van der Waals surface area contributed by atoms with Gasteiger partial charge in [0.15, 0.2) is 4.60 Å². The first-order valence-electron chi connectivity index (χ1n) is 12.6. The van der Waals surface area contributed by atoms with Crippen LogP contribution >= 0.6 is 15.9 Å². The van der Waals surface area contributed by atoms with Crippen LogP contribution in [0.25, 0.3) is 23.1 Å². The molecule has 2 aromatic carbocycles. The van der Waals surface area contributed by atoms with Crippen molar-refractivity contribution >= 4 is 62.4 Å². The van der Waals surface area contributed by atoms with Crippen LogP contribution in [0.15, 0.2) is 75.4 Å². The number of esters is 1. The Kier molecular flexibility index (Phi) is 7.79. The highest BCUT2D eigenvalue weighted by Gasteiger charge is 2.22. The summed E-state index contributed by atoms with van der Waals surface area (Å²) in [7, 11) is 0. The van der Waals surface area contributed by atoms with E-state index in [0.29, 0.717) is 27.9 Å². The van der Waals surface area contributed by atoms with Crippen LogP contribution in [0.2, 0.25) is 0 Å². The number of hydrogen-bond acceptors (Lipinski definition) is 6. The second-order valence-electron chi connectivity index (χ2n) is 9.06. The fourth-order valence-electron chi connectivity index (χ4n) is 4.31. The van der Waals surface area contributed by atoms with Crippen molar-refractivity contribution in [3.63, 3.8) is 0 Å². The minimum absolute atomic E-state index is 0.283. The second-order valence-corrected chi connectivity index (χ2v) is 9.81. The highest BCUT2D eigenvalue weighted by Crippen LogP contribution is 2.38. The predicted molar refractivity (Wildman–Crippen MR) is 157 cm³/mol. The summed E-state index contributed by atoms with van der Waals surface area (Å²) in [4.78, 5) is 29.3. The van der Waals surface area contributed by atoms with Crippen molar-refractivity contribution in [2.75, 3.05) is 17.2 Å². The quantitative estimate of drug-likeness (QED) is 0.119. The lowest BCUT2D eigenvalue weighted by atomic mass is 10.1. The molecular formula is C30H27BrN4O4. The van der Waals surface area contributed by atoms with E-state index in [4.69, 9.17) is 9.26 Å². The Balaban J connectivity index is 1.50. The monoisotopic (exact) mass is 586 g/mol. The van der Waals surface area contributed by atoms with E-state index in [2.05, 4.69) is 43.6 Å². The summed E-state index contributed by atoms with van der Waals surface area (Å²) in [5.41, 5.74) is 5.45. The molecule has 0 spiro atoms. The molecule has 9 heteroatoms. The lowest BCUT2D eigenvalue weighted by Crippen LogP contribution is -2.13. The SMILES string of the molecule is CCCNc1ccc(OC(=O)/C=C/c2ccccc2)c2c3c([nH]c12)C=C(C(=O)Nc1onc(Br)c1C)C=CC3. The third kappa shape index (κ3) is 5.73. The molecule has 39 heavy (non-hydrogen) atoms. The lowest BCUT2D eigenvalue weighted by molar-refractivity contribution is -0.128. The maximum absolute atomic E-state index is 13.1. The Hall–Kier alpha value is -4.37. The molecule has 0 atom stereocenters. The van der Waals surface area contributed by atoms with Crippen molar-refractivity contribution < 1.29 is 18.8 Å². The summed E-state index contributed by atoms with van der Waals surface area (Å²) in [6.45, 7) is 4.68. The predicted octanol–water partition coefficient (Wildman–Crippen LogP) is 6.80. The van der Waals surface area contributed by atoms with Crippen LogP contribution in [0.1, 0.15) is 35.7 Å². The average Bonchev–Trinajstić information content (AvgIpc) is 3.37. The molecule has 1 aliphatic carbocycles. The molecule has 0 unspecified atom stereocenters. The van der Waals surface area contributed by atoms with E-state index < -0.39 is 5.97 Å². The van der Waals surface area contributed by atoms with Crippen LogP contribution in [0.3, 0.4) is 0 Å². The zero-order valence-electron chi connectivity index (χ0n) is 21.5. The molecule has 1 amide bonds. The molecule has 5 rings (SSSR count). The maximum atomic E-state index is 13.1. The number of hydrogen-bond donors (Lipinski definition) is 3. The second kappa shape index (κ2) is 11.6. The Morgan fingerprint density at radius 2 is 2.03 bits per heavy atom. The van der Waals surface area contributed by atoms with Crippen LogP contribution in [0.5, 0.6) is 5.75 Å². The van der Waals surface area contributed by atoms with E-state index in [-0.39, 0.29) is 11.8 Å². The number of carbonyl (C=O) groups is 2. The van der Waals surface area contributed by atoms with Gasteiger partial charge >= 0.3 is 5.97 Å². The fraction of sp³-hybridized carbons (Fsp3) is 0.167. The third-order valence-electron chi connectivity index (χ3n) is 6.32. The number of rotatable bonds is 8. The van der Waals surface area contributed by atoms with Crippen LogP contribution in [0.4, 0.5) is 11.6 Å². The van der Waals surface area contributed by atoms with E-state index in [0.717, 1.165) is 46.4 Å². The summed E-state index contributed by atoms with van der Waals surface area (Å²) in [5, 5.41) is 10.8. The minimum atomic E-state index is -0.474. The Morgan fingerprint density at radius 1 is 1.21 bits per heavy atom. The normalized spacial score (nSPS) is 12.7. The van der Waals surface area contributed by atoms with Crippen molar-refractivity contribution in [1.29, 1.82) is 0 Å². The van der Waals surface area contributed by atoms with Gasteiger partial charge in [-0.1, -0.05) is 54.6 Å². The number of halogens is 1. The Bertz CT molecular complexity index is 1630. The van der Waals surface area contributed by atoms with Crippen LogP contribution in [0, 0.1) is 6.92 Å². The van der Waals surface area contributed by atoms with Crippen molar-refractivity contribution in [2.24, 2.45) is 0 Å². The summed E-state index contributed by atoms with van der Waals surface area (Å²) in [5.74, 6) is -0.0699. The third-order valence-corrected chi connectivity index (χ3v) is 7.06. The number of ether oxygens (including phenoxy) is 1. The molecule has 4 aromatic rings. The molecule has 0 radical (unpaired) electrons. The Labute approximate surface area is 233 Å². The molecule has 0 saturated carbocycles. The largest absolute Gasteiger partial charge is 0.423 e. The van der Waals surface area contributed by atoms with Crippen LogP contribution < -0.4 is 15.4 Å². The minimum Gasteiger partial charge on any atom is -0.423 e. The summed E-state index contributed by atoms with van der Waals surface area (Å²) >= 11 is 3.29. The average molecular weight is 587 g/mol. The van der Waals surface area contributed by atoms with Gasteiger partial charge in [0.1, 0.15) is 5.75 Å². The van der Waals surface area contributed by atoms with Crippen LogP contribution in [-0.2, 0) is 16.0 Å². The molecular weight excluding hydrogens is 560 g/mol. The van der Waals surface area contributed by atoms with E-state index >= 15 is 0 Å². The van der Waals surface area contributed by atoms with Gasteiger partial charge in [-0.05, 0) is 71.1 Å². The number of amides is 1. The van der Waals surface area contributed by atoms with Crippen molar-refractivity contribution in [3.8, 4) is 5.75 Å². The van der Waals surface area contributed by atoms with Crippen molar-refractivity contribution in [2.45, 2.75) is 26.7 Å². The summed E-state index contributed by atoms with van der Waals surface area (Å²) < 4.78 is 11.6. The smallest absolute Gasteiger partial charge is 0.336 e. The first-order chi connectivity index (χ1) is 18.9. The molecule has 0 fully saturated rings. The number of allylic oxidation sites excluding steroid dienone is 1. The topological polar surface area (TPSA) is 109 Å². The molecule has 0 saturated heterocycles. The van der Waals surface area contributed by atoms with Crippen molar-refractivity contribution in [3.05, 3.63) is 93.3 Å². The number of carbonyl (C=O) groups excluding carboxylic acids is 2. The van der Waals surface area contributed by atoms with Gasteiger partial charge in [0.2, 0.25) is 5.88 Å². The molecule has 1 aliphatic rings. The summed E-state index contributed by atoms with van der Waals surface area (Å²) in [6, 6.07) is 13.3. The van der Waals surface area contributed by atoms with E-state index in [9.17, 15) is 9.59 Å². The standard InChI is InChI=1S/C30H27BrN4O4/c1-3-16-32-22-13-14-24(38-25(36)15-12-19-8-5-4-6-9-19)26-21-11-7-10-20(17-23(21)33-27(22)26)29(37)34-30-18(2)28(31)35-39-30/h4-10,12-15,17,32-33H,3,11,16H2,1-2H3,(H,34,37)/b15-12+.